The molecule has 1 aromatic rings. The number of hydrogen-bond donors (Lipinski definition) is 1. The fourth-order valence-corrected chi connectivity index (χ4v) is 3.93. The van der Waals surface area contributed by atoms with Crippen molar-refractivity contribution in [1.82, 2.24) is 9.88 Å². The van der Waals surface area contributed by atoms with E-state index in [0.29, 0.717) is 18.5 Å². The van der Waals surface area contributed by atoms with Crippen LogP contribution in [0.15, 0.2) is 0 Å². The first kappa shape index (κ1) is 16.7. The zero-order chi connectivity index (χ0) is 15.4. The van der Waals surface area contributed by atoms with E-state index >= 15 is 0 Å². The molecule has 0 bridgehead atoms. The Morgan fingerprint density at radius 3 is 2.33 bits per heavy atom. The second-order valence-electron chi connectivity index (χ2n) is 6.10. The topological polar surface area (TPSA) is 45.4 Å². The molecule has 2 atom stereocenters. The quantitative estimate of drug-likeness (QED) is 0.877. The molecule has 4 nitrogen and oxygen atoms in total. The van der Waals surface area contributed by atoms with Crippen LogP contribution in [0.1, 0.15) is 57.0 Å². The molecule has 2 unspecified atom stereocenters. The van der Waals surface area contributed by atoms with Crippen molar-refractivity contribution in [1.29, 1.82) is 0 Å². The summed E-state index contributed by atoms with van der Waals surface area (Å²) < 4.78 is 0. The number of aromatic nitrogens is 1. The minimum absolute atomic E-state index is 0.509. The first-order valence-corrected chi connectivity index (χ1v) is 9.10. The number of anilines is 1. The van der Waals surface area contributed by atoms with Crippen LogP contribution in [0.4, 0.5) is 5.13 Å². The van der Waals surface area contributed by atoms with Crippen LogP contribution < -0.4 is 10.6 Å². The summed E-state index contributed by atoms with van der Waals surface area (Å²) in [5.74, 6) is 0.509. The average Bonchev–Trinajstić information content (AvgIpc) is 2.97. The van der Waals surface area contributed by atoms with E-state index in [2.05, 4.69) is 37.5 Å². The zero-order valence-electron chi connectivity index (χ0n) is 13.9. The van der Waals surface area contributed by atoms with Crippen LogP contribution in [0.25, 0.3) is 0 Å². The number of nitrogens with zero attached hydrogens (tertiary/aromatic N) is 3. The molecule has 2 N–H and O–H groups in total. The third-order valence-corrected chi connectivity index (χ3v) is 5.93. The molecule has 1 fully saturated rings. The maximum absolute atomic E-state index is 5.91. The molecule has 5 heteroatoms. The van der Waals surface area contributed by atoms with Crippen LogP contribution >= 0.6 is 11.3 Å². The Bertz CT molecular complexity index is 437. The summed E-state index contributed by atoms with van der Waals surface area (Å²) in [7, 11) is 0. The lowest BCUT2D eigenvalue weighted by Gasteiger charge is -2.37. The lowest BCUT2D eigenvalue weighted by molar-refractivity contribution is 0.193. The van der Waals surface area contributed by atoms with Crippen molar-refractivity contribution >= 4 is 16.5 Å². The highest BCUT2D eigenvalue weighted by molar-refractivity contribution is 7.15. The molecule has 1 aliphatic heterocycles. The fraction of sp³-hybridized carbons (Fsp3) is 0.812. The van der Waals surface area contributed by atoms with Gasteiger partial charge in [-0.05, 0) is 25.7 Å². The van der Waals surface area contributed by atoms with Gasteiger partial charge in [0.15, 0.2) is 5.13 Å². The Morgan fingerprint density at radius 1 is 1.14 bits per heavy atom. The summed E-state index contributed by atoms with van der Waals surface area (Å²) in [5, 5.41) is 1.18. The predicted octanol–water partition coefficient (Wildman–Crippen LogP) is 3.04. The number of hydrogen-bond acceptors (Lipinski definition) is 5. The van der Waals surface area contributed by atoms with Gasteiger partial charge in [0, 0.05) is 43.6 Å². The van der Waals surface area contributed by atoms with Gasteiger partial charge < -0.3 is 10.6 Å². The minimum Gasteiger partial charge on any atom is -0.346 e. The van der Waals surface area contributed by atoms with Gasteiger partial charge in [-0.1, -0.05) is 20.8 Å². The molecule has 0 aliphatic carbocycles. The molecule has 2 heterocycles. The Labute approximate surface area is 133 Å². The first-order chi connectivity index (χ1) is 10.1. The standard InChI is InChI=1S/C16H30N4S/c1-5-12(3)15-14(11-17)21-16(18-15)20-9-7-19(8-10-20)13(4)6-2/h12-13H,5-11,17H2,1-4H3. The van der Waals surface area contributed by atoms with Gasteiger partial charge in [-0.25, -0.2) is 4.98 Å². The normalized spacial score (nSPS) is 19.8. The highest BCUT2D eigenvalue weighted by Gasteiger charge is 2.24. The molecular weight excluding hydrogens is 280 g/mol. The number of nitrogens with two attached hydrogens (primary N) is 1. The Hall–Kier alpha value is -0.650. The van der Waals surface area contributed by atoms with Crippen molar-refractivity contribution in [3.63, 3.8) is 0 Å². The van der Waals surface area contributed by atoms with Gasteiger partial charge in [-0.15, -0.1) is 11.3 Å². The number of thiazole rings is 1. The Kier molecular flexibility index (Phi) is 6.02. The van der Waals surface area contributed by atoms with Crippen LogP contribution in [0.3, 0.4) is 0 Å². The molecule has 21 heavy (non-hydrogen) atoms. The summed E-state index contributed by atoms with van der Waals surface area (Å²) in [5.41, 5.74) is 7.14. The van der Waals surface area contributed by atoms with Crippen LogP contribution in [0.5, 0.6) is 0 Å². The minimum atomic E-state index is 0.509. The van der Waals surface area contributed by atoms with E-state index in [1.165, 1.54) is 22.1 Å². The highest BCUT2D eigenvalue weighted by atomic mass is 32.1. The van der Waals surface area contributed by atoms with Crippen molar-refractivity contribution in [3.8, 4) is 0 Å². The summed E-state index contributed by atoms with van der Waals surface area (Å²) in [4.78, 5) is 11.2. The molecule has 0 radical (unpaired) electrons. The van der Waals surface area contributed by atoms with Gasteiger partial charge in [-0.3, -0.25) is 4.90 Å². The molecule has 0 amide bonds. The van der Waals surface area contributed by atoms with Gasteiger partial charge >= 0.3 is 0 Å². The van der Waals surface area contributed by atoms with Gasteiger partial charge in [-0.2, -0.15) is 0 Å². The summed E-state index contributed by atoms with van der Waals surface area (Å²) in [6.45, 7) is 14.1. The third kappa shape index (κ3) is 3.76. The van der Waals surface area contributed by atoms with E-state index in [0.717, 1.165) is 32.6 Å². The molecule has 1 saturated heterocycles. The summed E-state index contributed by atoms with van der Waals surface area (Å²) >= 11 is 1.80. The van der Waals surface area contributed by atoms with E-state index < -0.39 is 0 Å². The Morgan fingerprint density at radius 2 is 1.81 bits per heavy atom. The smallest absolute Gasteiger partial charge is 0.185 e. The summed E-state index contributed by atoms with van der Waals surface area (Å²) in [6, 6.07) is 0.693. The average molecular weight is 311 g/mol. The molecule has 0 saturated carbocycles. The number of piperazine rings is 1. The SMILES string of the molecule is CCC(C)c1nc(N2CCN(C(C)CC)CC2)sc1CN. The van der Waals surface area contributed by atoms with E-state index in [1.54, 1.807) is 11.3 Å². The van der Waals surface area contributed by atoms with Crippen molar-refractivity contribution in [2.24, 2.45) is 5.73 Å². The van der Waals surface area contributed by atoms with Crippen molar-refractivity contribution in [2.45, 2.75) is 59.0 Å². The van der Waals surface area contributed by atoms with E-state index in [9.17, 15) is 0 Å². The van der Waals surface area contributed by atoms with Gasteiger partial charge in [0.25, 0.3) is 0 Å². The third-order valence-electron chi connectivity index (χ3n) is 4.78. The van der Waals surface area contributed by atoms with Crippen molar-refractivity contribution in [2.75, 3.05) is 31.1 Å². The summed E-state index contributed by atoms with van der Waals surface area (Å²) in [6.07, 6.45) is 2.35. The largest absolute Gasteiger partial charge is 0.346 e. The number of rotatable bonds is 6. The van der Waals surface area contributed by atoms with Crippen LogP contribution in [-0.2, 0) is 6.54 Å². The van der Waals surface area contributed by atoms with Gasteiger partial charge in [0.1, 0.15) is 0 Å². The molecular formula is C16H30N4S. The van der Waals surface area contributed by atoms with E-state index in [4.69, 9.17) is 10.7 Å². The lowest BCUT2D eigenvalue weighted by atomic mass is 10.0. The second-order valence-corrected chi connectivity index (χ2v) is 7.16. The lowest BCUT2D eigenvalue weighted by Crippen LogP contribution is -2.49. The Balaban J connectivity index is 2.05. The fourth-order valence-electron chi connectivity index (χ4n) is 2.82. The van der Waals surface area contributed by atoms with Crippen LogP contribution in [-0.4, -0.2) is 42.1 Å². The highest BCUT2D eigenvalue weighted by Crippen LogP contribution is 2.32. The monoisotopic (exact) mass is 310 g/mol. The molecule has 1 aliphatic rings. The maximum atomic E-state index is 5.91. The van der Waals surface area contributed by atoms with E-state index in [1.807, 2.05) is 0 Å². The molecule has 0 aromatic carbocycles. The molecule has 1 aromatic heterocycles. The maximum Gasteiger partial charge on any atom is 0.185 e. The molecule has 2 rings (SSSR count). The predicted molar refractivity (Wildman–Crippen MR) is 92.3 cm³/mol. The molecule has 0 spiro atoms. The van der Waals surface area contributed by atoms with Crippen molar-refractivity contribution < 1.29 is 0 Å². The van der Waals surface area contributed by atoms with Crippen LogP contribution in [0.2, 0.25) is 0 Å². The zero-order valence-corrected chi connectivity index (χ0v) is 14.7. The van der Waals surface area contributed by atoms with Gasteiger partial charge in [0.2, 0.25) is 0 Å². The molecule has 120 valence electrons. The first-order valence-electron chi connectivity index (χ1n) is 8.29. The van der Waals surface area contributed by atoms with Crippen molar-refractivity contribution in [3.05, 3.63) is 10.6 Å². The van der Waals surface area contributed by atoms with Crippen LogP contribution in [0, 0.1) is 0 Å². The second kappa shape index (κ2) is 7.56. The van der Waals surface area contributed by atoms with Gasteiger partial charge in [0.05, 0.1) is 5.69 Å². The van der Waals surface area contributed by atoms with E-state index in [-0.39, 0.29) is 0 Å².